The van der Waals surface area contributed by atoms with Crippen LogP contribution in [0.4, 0.5) is 10.5 Å². The highest BCUT2D eigenvalue weighted by Gasteiger charge is 2.54. The highest BCUT2D eigenvalue weighted by molar-refractivity contribution is 6.08. The molecule has 0 saturated carbocycles. The fraction of sp³-hybridized carbons (Fsp3) is 0.286. The van der Waals surface area contributed by atoms with Crippen LogP contribution in [0.25, 0.3) is 0 Å². The van der Waals surface area contributed by atoms with Crippen LogP contribution in [0, 0.1) is 6.92 Å². The first-order chi connectivity index (χ1) is 16.2. The molecule has 3 aromatic rings. The number of ether oxygens (including phenoxy) is 2. The second kappa shape index (κ2) is 9.31. The number of benzene rings is 3. The van der Waals surface area contributed by atoms with E-state index >= 15 is 0 Å². The Morgan fingerprint density at radius 3 is 2.29 bits per heavy atom. The van der Waals surface area contributed by atoms with Crippen LogP contribution in [0.2, 0.25) is 0 Å². The Balaban J connectivity index is 1.74. The van der Waals surface area contributed by atoms with Gasteiger partial charge in [0.2, 0.25) is 0 Å². The van der Waals surface area contributed by atoms with Crippen molar-refractivity contribution in [1.29, 1.82) is 0 Å². The molecule has 0 unspecified atom stereocenters. The number of rotatable bonds is 6. The van der Waals surface area contributed by atoms with Crippen molar-refractivity contribution in [3.8, 4) is 0 Å². The van der Waals surface area contributed by atoms with Crippen molar-refractivity contribution >= 4 is 17.7 Å². The van der Waals surface area contributed by atoms with Gasteiger partial charge in [0.25, 0.3) is 11.6 Å². The topological polar surface area (TPSA) is 67.9 Å². The molecule has 1 N–H and O–H groups in total. The molecule has 1 atom stereocenters. The number of aryl methyl sites for hydroxylation is 1. The van der Waals surface area contributed by atoms with Crippen LogP contribution in [0.3, 0.4) is 0 Å². The molecule has 3 aromatic carbocycles. The van der Waals surface area contributed by atoms with Gasteiger partial charge in [0.05, 0.1) is 18.8 Å². The van der Waals surface area contributed by atoms with Crippen molar-refractivity contribution in [2.75, 3.05) is 4.90 Å². The number of nitrogens with one attached hydrogen (secondary N) is 1. The first kappa shape index (κ1) is 23.5. The molecule has 0 spiro atoms. The van der Waals surface area contributed by atoms with E-state index in [9.17, 15) is 9.59 Å². The lowest BCUT2D eigenvalue weighted by atomic mass is 10.0. The van der Waals surface area contributed by atoms with Crippen LogP contribution in [-0.4, -0.2) is 17.6 Å². The van der Waals surface area contributed by atoms with E-state index in [0.717, 1.165) is 16.7 Å². The van der Waals surface area contributed by atoms with E-state index in [-0.39, 0.29) is 12.5 Å². The van der Waals surface area contributed by atoms with E-state index in [2.05, 4.69) is 5.32 Å². The fourth-order valence-corrected chi connectivity index (χ4v) is 4.05. The van der Waals surface area contributed by atoms with Gasteiger partial charge in [-0.15, -0.1) is 0 Å². The number of carbonyl (C=O) groups is 2. The van der Waals surface area contributed by atoms with Crippen LogP contribution in [0.1, 0.15) is 43.0 Å². The zero-order valence-corrected chi connectivity index (χ0v) is 20.0. The molecule has 176 valence electrons. The highest BCUT2D eigenvalue weighted by Crippen LogP contribution is 2.42. The summed E-state index contributed by atoms with van der Waals surface area (Å²) < 4.78 is 11.9. The minimum absolute atomic E-state index is 0.141. The van der Waals surface area contributed by atoms with Gasteiger partial charge in [-0.05, 0) is 50.5 Å². The average molecular weight is 459 g/mol. The van der Waals surface area contributed by atoms with Gasteiger partial charge in [-0.3, -0.25) is 10.1 Å². The molecule has 0 fully saturated rings. The number of carbonyl (C=O) groups excluding carboxylic acids is 2. The van der Waals surface area contributed by atoms with Crippen molar-refractivity contribution in [2.24, 2.45) is 0 Å². The summed E-state index contributed by atoms with van der Waals surface area (Å²) >= 11 is 0. The number of alkyl carbamates (subject to hydrolysis) is 1. The van der Waals surface area contributed by atoms with E-state index in [1.807, 2.05) is 85.8 Å². The molecular formula is C28H30N2O4. The molecule has 1 aliphatic heterocycles. The Bertz CT molecular complexity index is 1190. The van der Waals surface area contributed by atoms with Gasteiger partial charge in [0.15, 0.2) is 0 Å². The van der Waals surface area contributed by atoms with Gasteiger partial charge in [0.1, 0.15) is 5.60 Å². The summed E-state index contributed by atoms with van der Waals surface area (Å²) in [5.41, 5.74) is 1.77. The van der Waals surface area contributed by atoms with E-state index < -0.39 is 17.4 Å². The Morgan fingerprint density at radius 1 is 0.941 bits per heavy atom. The Hall–Kier alpha value is -3.64. The lowest BCUT2D eigenvalue weighted by Crippen LogP contribution is -2.55. The Labute approximate surface area is 200 Å². The number of hydrogen-bond donors (Lipinski definition) is 1. The molecule has 1 heterocycles. The molecule has 34 heavy (non-hydrogen) atoms. The summed E-state index contributed by atoms with van der Waals surface area (Å²) in [6.07, 6.45) is -0.720. The first-order valence-electron chi connectivity index (χ1n) is 11.3. The maximum absolute atomic E-state index is 14.0. The molecule has 4 rings (SSSR count). The van der Waals surface area contributed by atoms with E-state index in [4.69, 9.17) is 9.47 Å². The van der Waals surface area contributed by atoms with Crippen LogP contribution >= 0.6 is 0 Å². The third-order valence-corrected chi connectivity index (χ3v) is 5.69. The van der Waals surface area contributed by atoms with Gasteiger partial charge in [0, 0.05) is 5.56 Å². The number of para-hydroxylation sites is 1. The highest BCUT2D eigenvalue weighted by atomic mass is 16.6. The van der Waals surface area contributed by atoms with E-state index in [1.54, 1.807) is 25.7 Å². The second-order valence-electron chi connectivity index (χ2n) is 9.42. The summed E-state index contributed by atoms with van der Waals surface area (Å²) in [6.45, 7) is 7.81. The molecule has 0 bridgehead atoms. The first-order valence-corrected chi connectivity index (χ1v) is 11.3. The van der Waals surface area contributed by atoms with E-state index in [1.165, 1.54) is 0 Å². The third-order valence-electron chi connectivity index (χ3n) is 5.69. The predicted molar refractivity (Wildman–Crippen MR) is 131 cm³/mol. The molecule has 0 radical (unpaired) electrons. The van der Waals surface area contributed by atoms with Crippen LogP contribution in [0.5, 0.6) is 0 Å². The minimum atomic E-state index is -1.71. The summed E-state index contributed by atoms with van der Waals surface area (Å²) in [5.74, 6) is -0.364. The molecule has 2 amide bonds. The summed E-state index contributed by atoms with van der Waals surface area (Å²) in [5, 5.41) is 2.79. The Morgan fingerprint density at radius 2 is 1.59 bits per heavy atom. The SMILES string of the molecule is Cc1ccccc1CO[C@@]1(NC(=O)OC(C)(C)C)C(=O)N(Cc2ccccc2)c2ccccc21. The van der Waals surface area contributed by atoms with E-state index in [0.29, 0.717) is 17.8 Å². The standard InChI is InChI=1S/C28H30N2O4/c1-20-12-8-9-15-22(20)19-33-28(29-26(32)34-27(2,3)4)23-16-10-11-17-24(23)30(25(28)31)18-21-13-6-5-7-14-21/h5-17H,18-19H2,1-4H3,(H,29,32)/t28-/m1/s1. The summed E-state index contributed by atoms with van der Waals surface area (Å²) in [6, 6.07) is 24.9. The molecule has 0 saturated heterocycles. The Kier molecular flexibility index (Phi) is 6.44. The lowest BCUT2D eigenvalue weighted by Gasteiger charge is -2.31. The van der Waals surface area contributed by atoms with Crippen LogP contribution < -0.4 is 10.2 Å². The van der Waals surface area contributed by atoms with Crippen LogP contribution in [0.15, 0.2) is 78.9 Å². The molecule has 6 heteroatoms. The monoisotopic (exact) mass is 458 g/mol. The van der Waals surface area contributed by atoms with Gasteiger partial charge < -0.3 is 14.4 Å². The largest absolute Gasteiger partial charge is 0.444 e. The zero-order chi connectivity index (χ0) is 24.3. The number of amides is 2. The molecular weight excluding hydrogens is 428 g/mol. The van der Waals surface area contributed by atoms with Crippen molar-refractivity contribution in [3.63, 3.8) is 0 Å². The van der Waals surface area contributed by atoms with Gasteiger partial charge in [-0.2, -0.15) is 0 Å². The van der Waals surface area contributed by atoms with Crippen molar-refractivity contribution in [3.05, 3.63) is 101 Å². The normalized spacial score (nSPS) is 17.4. The number of nitrogens with zero attached hydrogens (tertiary/aromatic N) is 1. The van der Waals surface area contributed by atoms with Crippen molar-refractivity contribution < 1.29 is 19.1 Å². The molecule has 1 aliphatic rings. The maximum Gasteiger partial charge on any atom is 0.410 e. The number of hydrogen-bond acceptors (Lipinski definition) is 4. The smallest absolute Gasteiger partial charge is 0.410 e. The fourth-order valence-electron chi connectivity index (χ4n) is 4.05. The number of anilines is 1. The zero-order valence-electron chi connectivity index (χ0n) is 20.0. The molecule has 0 aliphatic carbocycles. The molecule has 0 aromatic heterocycles. The predicted octanol–water partition coefficient (Wildman–Crippen LogP) is 5.44. The minimum Gasteiger partial charge on any atom is -0.444 e. The third kappa shape index (κ3) is 4.82. The van der Waals surface area contributed by atoms with Gasteiger partial charge in [-0.1, -0.05) is 72.8 Å². The number of fused-ring (bicyclic) bond motifs is 1. The van der Waals surface area contributed by atoms with Crippen LogP contribution in [-0.2, 0) is 33.1 Å². The lowest BCUT2D eigenvalue weighted by molar-refractivity contribution is -0.151. The molecule has 6 nitrogen and oxygen atoms in total. The summed E-state index contributed by atoms with van der Waals surface area (Å²) in [7, 11) is 0. The van der Waals surface area contributed by atoms with Gasteiger partial charge >= 0.3 is 6.09 Å². The second-order valence-corrected chi connectivity index (χ2v) is 9.42. The quantitative estimate of drug-likeness (QED) is 0.500. The maximum atomic E-state index is 14.0. The summed E-state index contributed by atoms with van der Waals surface area (Å²) in [4.78, 5) is 28.6. The van der Waals surface area contributed by atoms with Crippen molar-refractivity contribution in [1.82, 2.24) is 5.32 Å². The average Bonchev–Trinajstić information content (AvgIpc) is 3.01. The van der Waals surface area contributed by atoms with Crippen molar-refractivity contribution in [2.45, 2.75) is 52.2 Å². The van der Waals surface area contributed by atoms with Gasteiger partial charge in [-0.25, -0.2) is 4.79 Å².